The summed E-state index contributed by atoms with van der Waals surface area (Å²) in [5.74, 6) is 1.68. The number of likely N-dealkylation sites (tertiary alicyclic amines) is 1. The van der Waals surface area contributed by atoms with Gasteiger partial charge in [-0.25, -0.2) is 9.97 Å². The Labute approximate surface area is 119 Å². The molecule has 3 heterocycles. The van der Waals surface area contributed by atoms with E-state index in [9.17, 15) is 0 Å². The standard InChI is InChI=1S/C15H22N4O/c1-5-16-14(17-6-1)18-13-8-15(20-10-13)4-7-19(11-15)9-12-2-3-12/h1,5-6,12-13H,2-4,7-11H2,(H,16,17,18)/t13-,15-/m1/s1. The average molecular weight is 274 g/mol. The van der Waals surface area contributed by atoms with Crippen molar-refractivity contribution in [1.29, 1.82) is 0 Å². The van der Waals surface area contributed by atoms with Crippen LogP contribution < -0.4 is 5.32 Å². The quantitative estimate of drug-likeness (QED) is 0.902. The molecule has 2 aliphatic heterocycles. The number of anilines is 1. The van der Waals surface area contributed by atoms with Crippen LogP contribution >= 0.6 is 0 Å². The Balaban J connectivity index is 1.33. The van der Waals surface area contributed by atoms with Gasteiger partial charge in [-0.1, -0.05) is 0 Å². The fourth-order valence-electron chi connectivity index (χ4n) is 3.53. The number of hydrogen-bond acceptors (Lipinski definition) is 5. The molecule has 5 nitrogen and oxygen atoms in total. The van der Waals surface area contributed by atoms with Gasteiger partial charge in [0.05, 0.1) is 18.2 Å². The van der Waals surface area contributed by atoms with Crippen LogP contribution in [0.5, 0.6) is 0 Å². The highest BCUT2D eigenvalue weighted by Gasteiger charge is 2.46. The Kier molecular flexibility index (Phi) is 3.11. The molecule has 0 aromatic carbocycles. The molecule has 5 heteroatoms. The van der Waals surface area contributed by atoms with E-state index < -0.39 is 0 Å². The Morgan fingerprint density at radius 3 is 3.00 bits per heavy atom. The van der Waals surface area contributed by atoms with Crippen molar-refractivity contribution in [3.63, 3.8) is 0 Å². The molecule has 0 bridgehead atoms. The molecule has 0 radical (unpaired) electrons. The first-order valence-electron chi connectivity index (χ1n) is 7.71. The maximum atomic E-state index is 6.16. The monoisotopic (exact) mass is 274 g/mol. The molecule has 2 saturated heterocycles. The molecule has 1 saturated carbocycles. The van der Waals surface area contributed by atoms with E-state index in [2.05, 4.69) is 20.2 Å². The zero-order valence-electron chi connectivity index (χ0n) is 11.8. The van der Waals surface area contributed by atoms with Crippen LogP contribution in [0, 0.1) is 5.92 Å². The molecule has 3 aliphatic rings. The van der Waals surface area contributed by atoms with Crippen LogP contribution in [0.4, 0.5) is 5.95 Å². The lowest BCUT2D eigenvalue weighted by molar-refractivity contribution is 0.0123. The van der Waals surface area contributed by atoms with Gasteiger partial charge in [-0.05, 0) is 31.2 Å². The van der Waals surface area contributed by atoms with Crippen LogP contribution in [0.15, 0.2) is 18.5 Å². The van der Waals surface area contributed by atoms with E-state index >= 15 is 0 Å². The smallest absolute Gasteiger partial charge is 0.222 e. The summed E-state index contributed by atoms with van der Waals surface area (Å²) in [6.45, 7) is 4.36. The van der Waals surface area contributed by atoms with Crippen molar-refractivity contribution in [2.75, 3.05) is 31.6 Å². The summed E-state index contributed by atoms with van der Waals surface area (Å²) >= 11 is 0. The van der Waals surface area contributed by atoms with Crippen molar-refractivity contribution in [3.8, 4) is 0 Å². The first-order valence-corrected chi connectivity index (χ1v) is 7.71. The molecule has 3 fully saturated rings. The Bertz CT molecular complexity index is 464. The van der Waals surface area contributed by atoms with E-state index in [1.165, 1.54) is 32.4 Å². The molecule has 108 valence electrons. The molecular formula is C15H22N4O. The molecule has 0 amide bonds. The molecule has 2 atom stereocenters. The van der Waals surface area contributed by atoms with Crippen molar-refractivity contribution >= 4 is 5.95 Å². The first-order chi connectivity index (χ1) is 9.81. The predicted octanol–water partition coefficient (Wildman–Crippen LogP) is 1.53. The van der Waals surface area contributed by atoms with Crippen LogP contribution in [0.25, 0.3) is 0 Å². The largest absolute Gasteiger partial charge is 0.371 e. The van der Waals surface area contributed by atoms with Crippen LogP contribution in [0.2, 0.25) is 0 Å². The summed E-state index contributed by atoms with van der Waals surface area (Å²) in [6, 6.07) is 2.18. The zero-order valence-corrected chi connectivity index (χ0v) is 11.8. The SMILES string of the molecule is c1cnc(N[C@H]2CO[C@]3(CCN(CC4CC4)C3)C2)nc1. The van der Waals surface area contributed by atoms with Crippen LogP contribution in [-0.4, -0.2) is 52.8 Å². The van der Waals surface area contributed by atoms with Crippen molar-refractivity contribution < 1.29 is 4.74 Å². The molecule has 1 N–H and O–H groups in total. The average Bonchev–Trinajstić information content (AvgIpc) is 3.07. The number of hydrogen-bond donors (Lipinski definition) is 1. The van der Waals surface area contributed by atoms with Crippen molar-refractivity contribution in [3.05, 3.63) is 18.5 Å². The van der Waals surface area contributed by atoms with E-state index in [1.54, 1.807) is 12.4 Å². The topological polar surface area (TPSA) is 50.3 Å². The minimum absolute atomic E-state index is 0.0847. The molecule has 20 heavy (non-hydrogen) atoms. The highest BCUT2D eigenvalue weighted by Crippen LogP contribution is 2.38. The molecule has 1 aliphatic carbocycles. The Hall–Kier alpha value is -1.20. The summed E-state index contributed by atoms with van der Waals surface area (Å²) in [7, 11) is 0. The molecule has 1 aromatic heterocycles. The first kappa shape index (κ1) is 12.5. The van der Waals surface area contributed by atoms with E-state index in [-0.39, 0.29) is 5.60 Å². The number of rotatable bonds is 4. The second-order valence-electron chi connectivity index (χ2n) is 6.54. The minimum Gasteiger partial charge on any atom is -0.371 e. The molecule has 0 unspecified atom stereocenters. The third kappa shape index (κ3) is 2.65. The second kappa shape index (κ2) is 4.97. The number of nitrogens with one attached hydrogen (secondary N) is 1. The predicted molar refractivity (Wildman–Crippen MR) is 76.5 cm³/mol. The van der Waals surface area contributed by atoms with Gasteiger partial charge in [-0.3, -0.25) is 0 Å². The van der Waals surface area contributed by atoms with Gasteiger partial charge in [0.15, 0.2) is 0 Å². The lowest BCUT2D eigenvalue weighted by atomic mass is 9.97. The van der Waals surface area contributed by atoms with Gasteiger partial charge in [0.25, 0.3) is 0 Å². The van der Waals surface area contributed by atoms with Gasteiger partial charge in [0.1, 0.15) is 0 Å². The van der Waals surface area contributed by atoms with Crippen LogP contribution in [0.1, 0.15) is 25.7 Å². The van der Waals surface area contributed by atoms with E-state index in [1.807, 2.05) is 6.07 Å². The van der Waals surface area contributed by atoms with E-state index in [4.69, 9.17) is 4.74 Å². The van der Waals surface area contributed by atoms with Crippen molar-refractivity contribution in [2.24, 2.45) is 5.92 Å². The van der Waals surface area contributed by atoms with Gasteiger partial charge < -0.3 is 15.0 Å². The molecule has 4 rings (SSSR count). The van der Waals surface area contributed by atoms with Gasteiger partial charge in [0.2, 0.25) is 5.95 Å². The summed E-state index contributed by atoms with van der Waals surface area (Å²) in [4.78, 5) is 11.1. The maximum absolute atomic E-state index is 6.16. The number of nitrogens with zero attached hydrogens (tertiary/aromatic N) is 3. The van der Waals surface area contributed by atoms with E-state index in [0.717, 1.165) is 25.5 Å². The van der Waals surface area contributed by atoms with Gasteiger partial charge in [0, 0.05) is 38.4 Å². The molecular weight excluding hydrogens is 252 g/mol. The van der Waals surface area contributed by atoms with Crippen molar-refractivity contribution in [1.82, 2.24) is 14.9 Å². The second-order valence-corrected chi connectivity index (χ2v) is 6.54. The van der Waals surface area contributed by atoms with Gasteiger partial charge in [-0.2, -0.15) is 0 Å². The summed E-state index contributed by atoms with van der Waals surface area (Å²) in [5, 5.41) is 3.39. The third-order valence-electron chi connectivity index (χ3n) is 4.72. The highest BCUT2D eigenvalue weighted by molar-refractivity contribution is 5.25. The lowest BCUT2D eigenvalue weighted by Gasteiger charge is -2.23. The third-order valence-corrected chi connectivity index (χ3v) is 4.72. The van der Waals surface area contributed by atoms with Crippen LogP contribution in [-0.2, 0) is 4.74 Å². The van der Waals surface area contributed by atoms with Crippen molar-refractivity contribution in [2.45, 2.75) is 37.3 Å². The van der Waals surface area contributed by atoms with Crippen LogP contribution in [0.3, 0.4) is 0 Å². The fourth-order valence-corrected chi connectivity index (χ4v) is 3.53. The number of aromatic nitrogens is 2. The number of ether oxygens (including phenoxy) is 1. The van der Waals surface area contributed by atoms with E-state index in [0.29, 0.717) is 12.0 Å². The summed E-state index contributed by atoms with van der Waals surface area (Å²) in [5.41, 5.74) is 0.0847. The maximum Gasteiger partial charge on any atom is 0.222 e. The molecule has 1 aromatic rings. The Morgan fingerprint density at radius 1 is 1.35 bits per heavy atom. The highest BCUT2D eigenvalue weighted by atomic mass is 16.5. The fraction of sp³-hybridized carbons (Fsp3) is 0.733. The van der Waals surface area contributed by atoms with Gasteiger partial charge in [-0.15, -0.1) is 0 Å². The minimum atomic E-state index is 0.0847. The summed E-state index contributed by atoms with van der Waals surface area (Å²) < 4.78 is 6.16. The zero-order chi connectivity index (χ0) is 13.4. The summed E-state index contributed by atoms with van der Waals surface area (Å²) in [6.07, 6.45) is 8.65. The van der Waals surface area contributed by atoms with Gasteiger partial charge >= 0.3 is 0 Å². The molecule has 1 spiro atoms. The lowest BCUT2D eigenvalue weighted by Crippen LogP contribution is -2.34. The normalized spacial score (nSPS) is 33.9. The Morgan fingerprint density at radius 2 is 2.20 bits per heavy atom.